The molecule has 0 aromatic heterocycles. The van der Waals surface area contributed by atoms with E-state index in [2.05, 4.69) is 44.2 Å². The van der Waals surface area contributed by atoms with E-state index in [1.54, 1.807) is 5.57 Å². The second kappa shape index (κ2) is 8.88. The summed E-state index contributed by atoms with van der Waals surface area (Å²) >= 11 is 0. The molecule has 0 nitrogen and oxygen atoms in total. The lowest BCUT2D eigenvalue weighted by atomic mass is 9.70. The summed E-state index contributed by atoms with van der Waals surface area (Å²) in [6.45, 7) is 4.51. The van der Waals surface area contributed by atoms with E-state index in [9.17, 15) is 0 Å². The Morgan fingerprint density at radius 1 is 0.875 bits per heavy atom. The van der Waals surface area contributed by atoms with Gasteiger partial charge in [0, 0.05) is 0 Å². The monoisotopic (exact) mass is 324 g/mol. The Labute approximate surface area is 149 Å². The Morgan fingerprint density at radius 2 is 1.62 bits per heavy atom. The van der Waals surface area contributed by atoms with Crippen LogP contribution in [0.4, 0.5) is 0 Å². The van der Waals surface area contributed by atoms with Crippen molar-refractivity contribution in [1.29, 1.82) is 0 Å². The van der Waals surface area contributed by atoms with Gasteiger partial charge in [0.2, 0.25) is 0 Å². The van der Waals surface area contributed by atoms with Crippen LogP contribution >= 0.6 is 0 Å². The summed E-state index contributed by atoms with van der Waals surface area (Å²) in [5, 5.41) is 0. The van der Waals surface area contributed by atoms with Crippen LogP contribution in [0.5, 0.6) is 0 Å². The molecule has 1 aromatic carbocycles. The van der Waals surface area contributed by atoms with Gasteiger partial charge in [0.15, 0.2) is 0 Å². The number of rotatable bonds is 6. The third kappa shape index (κ3) is 4.98. The van der Waals surface area contributed by atoms with Crippen LogP contribution in [0.25, 0.3) is 0 Å². The van der Waals surface area contributed by atoms with E-state index in [1.165, 1.54) is 81.8 Å². The first kappa shape index (κ1) is 17.8. The van der Waals surface area contributed by atoms with Crippen molar-refractivity contribution in [2.24, 2.45) is 17.8 Å². The lowest BCUT2D eigenvalue weighted by Crippen LogP contribution is -2.23. The third-order valence-electron chi connectivity index (χ3n) is 6.66. The van der Waals surface area contributed by atoms with Crippen LogP contribution in [-0.4, -0.2) is 0 Å². The van der Waals surface area contributed by atoms with Crippen LogP contribution in [0.15, 0.2) is 35.9 Å². The second-order valence-electron chi connectivity index (χ2n) is 8.45. The molecule has 1 saturated carbocycles. The van der Waals surface area contributed by atoms with Crippen LogP contribution in [0.3, 0.4) is 0 Å². The van der Waals surface area contributed by atoms with Crippen molar-refractivity contribution in [3.63, 3.8) is 0 Å². The predicted molar refractivity (Wildman–Crippen MR) is 105 cm³/mol. The first-order valence-corrected chi connectivity index (χ1v) is 10.5. The zero-order valence-electron chi connectivity index (χ0n) is 15.9. The summed E-state index contributed by atoms with van der Waals surface area (Å²) in [4.78, 5) is 0. The maximum atomic E-state index is 2.61. The third-order valence-corrected chi connectivity index (χ3v) is 6.66. The molecule has 1 atom stereocenters. The molecular formula is C24H36. The summed E-state index contributed by atoms with van der Waals surface area (Å²) in [5.41, 5.74) is 4.59. The topological polar surface area (TPSA) is 0 Å². The van der Waals surface area contributed by atoms with E-state index >= 15 is 0 Å². The van der Waals surface area contributed by atoms with Crippen molar-refractivity contribution in [1.82, 2.24) is 0 Å². The van der Waals surface area contributed by atoms with E-state index in [0.29, 0.717) is 0 Å². The average Bonchev–Trinajstić information content (AvgIpc) is 2.63. The van der Waals surface area contributed by atoms with Crippen molar-refractivity contribution in [2.75, 3.05) is 0 Å². The van der Waals surface area contributed by atoms with Crippen LogP contribution in [-0.2, 0) is 6.42 Å². The van der Waals surface area contributed by atoms with Crippen molar-refractivity contribution < 1.29 is 0 Å². The molecule has 0 heteroatoms. The zero-order valence-corrected chi connectivity index (χ0v) is 15.9. The van der Waals surface area contributed by atoms with Crippen LogP contribution < -0.4 is 0 Å². The van der Waals surface area contributed by atoms with Gasteiger partial charge >= 0.3 is 0 Å². The summed E-state index contributed by atoms with van der Waals surface area (Å²) in [6.07, 6.45) is 18.2. The SMILES string of the molecule is CCCC1CCC(C2CC=C(CCc3ccc(C)cc3)CC2)CC1. The molecule has 1 fully saturated rings. The Bertz CT molecular complexity index is 513. The predicted octanol–water partition coefficient (Wildman–Crippen LogP) is 7.26. The van der Waals surface area contributed by atoms with E-state index in [4.69, 9.17) is 0 Å². The molecule has 0 saturated heterocycles. The molecule has 2 aliphatic carbocycles. The van der Waals surface area contributed by atoms with Gasteiger partial charge in [0.25, 0.3) is 0 Å². The number of hydrogen-bond donors (Lipinski definition) is 0. The lowest BCUT2D eigenvalue weighted by Gasteiger charge is -2.35. The van der Waals surface area contributed by atoms with E-state index in [1.807, 2.05) is 0 Å². The molecule has 1 aromatic rings. The number of benzene rings is 1. The molecule has 3 rings (SSSR count). The van der Waals surface area contributed by atoms with Gasteiger partial charge in [-0.15, -0.1) is 0 Å². The van der Waals surface area contributed by atoms with E-state index in [-0.39, 0.29) is 0 Å². The Balaban J connectivity index is 1.42. The Hall–Kier alpha value is -1.04. The standard InChI is InChI=1S/C24H36/c1-3-4-20-11-15-23(16-12-20)24-17-13-22(14-18-24)10-9-21-7-5-19(2)6-8-21/h5-8,13,20,23-24H,3-4,9-12,14-18H2,1-2H3. The summed E-state index contributed by atoms with van der Waals surface area (Å²) in [7, 11) is 0. The highest BCUT2D eigenvalue weighted by Crippen LogP contribution is 2.41. The van der Waals surface area contributed by atoms with E-state index < -0.39 is 0 Å². The molecular weight excluding hydrogens is 288 g/mol. The quantitative estimate of drug-likeness (QED) is 0.483. The number of hydrogen-bond acceptors (Lipinski definition) is 0. The fourth-order valence-electron chi connectivity index (χ4n) is 4.98. The first-order valence-electron chi connectivity index (χ1n) is 10.5. The molecule has 24 heavy (non-hydrogen) atoms. The molecule has 2 aliphatic rings. The fourth-order valence-corrected chi connectivity index (χ4v) is 4.98. The molecule has 0 amide bonds. The molecule has 1 unspecified atom stereocenters. The van der Waals surface area contributed by atoms with Crippen LogP contribution in [0, 0.1) is 24.7 Å². The second-order valence-corrected chi connectivity index (χ2v) is 8.45. The smallest absolute Gasteiger partial charge is 0.0241 e. The van der Waals surface area contributed by atoms with Gasteiger partial charge in [-0.2, -0.15) is 0 Å². The van der Waals surface area contributed by atoms with Gasteiger partial charge in [-0.1, -0.05) is 74.1 Å². The summed E-state index contributed by atoms with van der Waals surface area (Å²) in [5.74, 6) is 3.08. The normalized spacial score (nSPS) is 27.8. The minimum absolute atomic E-state index is 0.996. The highest BCUT2D eigenvalue weighted by atomic mass is 14.3. The van der Waals surface area contributed by atoms with Crippen LogP contribution in [0.2, 0.25) is 0 Å². The highest BCUT2D eigenvalue weighted by molar-refractivity contribution is 5.22. The van der Waals surface area contributed by atoms with Crippen molar-refractivity contribution in [3.05, 3.63) is 47.0 Å². The maximum Gasteiger partial charge on any atom is -0.0241 e. The maximum absolute atomic E-state index is 2.61. The van der Waals surface area contributed by atoms with Crippen molar-refractivity contribution >= 4 is 0 Å². The van der Waals surface area contributed by atoms with Gasteiger partial charge < -0.3 is 0 Å². The van der Waals surface area contributed by atoms with Crippen molar-refractivity contribution in [3.8, 4) is 0 Å². The van der Waals surface area contributed by atoms with Crippen LogP contribution in [0.1, 0.15) is 82.3 Å². The lowest BCUT2D eigenvalue weighted by molar-refractivity contribution is 0.186. The number of allylic oxidation sites excluding steroid dienone is 2. The van der Waals surface area contributed by atoms with Gasteiger partial charge in [0.05, 0.1) is 0 Å². The minimum atomic E-state index is 0.996. The van der Waals surface area contributed by atoms with Gasteiger partial charge in [-0.3, -0.25) is 0 Å². The highest BCUT2D eigenvalue weighted by Gasteiger charge is 2.28. The number of aryl methyl sites for hydroxylation is 2. The molecule has 0 radical (unpaired) electrons. The Kier molecular flexibility index (Phi) is 6.58. The summed E-state index contributed by atoms with van der Waals surface area (Å²) < 4.78 is 0. The Morgan fingerprint density at radius 3 is 2.25 bits per heavy atom. The zero-order chi connectivity index (χ0) is 16.8. The molecule has 0 aliphatic heterocycles. The summed E-state index contributed by atoms with van der Waals surface area (Å²) in [6, 6.07) is 9.09. The van der Waals surface area contributed by atoms with Crippen molar-refractivity contribution in [2.45, 2.75) is 84.5 Å². The molecule has 132 valence electrons. The minimum Gasteiger partial charge on any atom is -0.0850 e. The van der Waals surface area contributed by atoms with Gasteiger partial charge in [-0.05, 0) is 75.2 Å². The van der Waals surface area contributed by atoms with Gasteiger partial charge in [-0.25, -0.2) is 0 Å². The molecule has 0 spiro atoms. The van der Waals surface area contributed by atoms with Gasteiger partial charge in [0.1, 0.15) is 0 Å². The molecule has 0 N–H and O–H groups in total. The first-order chi connectivity index (χ1) is 11.7. The fraction of sp³-hybridized carbons (Fsp3) is 0.667. The molecule has 0 bridgehead atoms. The molecule has 0 heterocycles. The largest absolute Gasteiger partial charge is 0.0850 e. The average molecular weight is 325 g/mol. The van der Waals surface area contributed by atoms with E-state index in [0.717, 1.165) is 17.8 Å².